The van der Waals surface area contributed by atoms with E-state index >= 15 is 0 Å². The Balaban J connectivity index is 1.46. The van der Waals surface area contributed by atoms with Crippen LogP contribution >= 0.6 is 0 Å². The third-order valence-corrected chi connectivity index (χ3v) is 6.13. The Morgan fingerprint density at radius 3 is 2.58 bits per heavy atom. The molecule has 9 nitrogen and oxygen atoms in total. The lowest BCUT2D eigenvalue weighted by Crippen LogP contribution is -2.49. The van der Waals surface area contributed by atoms with E-state index in [4.69, 9.17) is 4.52 Å². The van der Waals surface area contributed by atoms with Gasteiger partial charge in [-0.05, 0) is 37.6 Å². The molecule has 0 bridgehead atoms. The fourth-order valence-electron chi connectivity index (χ4n) is 4.25. The van der Waals surface area contributed by atoms with Crippen LogP contribution < -0.4 is 15.5 Å². The number of amides is 2. The molecule has 31 heavy (non-hydrogen) atoms. The van der Waals surface area contributed by atoms with Gasteiger partial charge in [0.1, 0.15) is 5.76 Å². The highest BCUT2D eigenvalue weighted by molar-refractivity contribution is 6.39. The summed E-state index contributed by atoms with van der Waals surface area (Å²) in [5.41, 5.74) is 3.78. The first-order valence-corrected chi connectivity index (χ1v) is 10.7. The minimum Gasteiger partial charge on any atom is -0.374 e. The van der Waals surface area contributed by atoms with Crippen LogP contribution in [0, 0.1) is 6.92 Å². The Kier molecular flexibility index (Phi) is 6.24. The Hall–Kier alpha value is -2.91. The molecule has 0 unspecified atom stereocenters. The van der Waals surface area contributed by atoms with E-state index in [2.05, 4.69) is 62.8 Å². The molecule has 2 aromatic rings. The fourth-order valence-corrected chi connectivity index (χ4v) is 4.25. The number of hydrogen-bond acceptors (Lipinski definition) is 7. The average Bonchev–Trinajstić information content (AvgIpc) is 3.34. The fraction of sp³-hybridized carbons (Fsp3) is 0.500. The van der Waals surface area contributed by atoms with Crippen LogP contribution in [0.3, 0.4) is 0 Å². The largest absolute Gasteiger partial charge is 0.374 e. The van der Waals surface area contributed by atoms with Crippen molar-refractivity contribution in [2.24, 2.45) is 0 Å². The highest BCUT2D eigenvalue weighted by Gasteiger charge is 2.27. The summed E-state index contributed by atoms with van der Waals surface area (Å²) < 4.78 is 4.92. The maximum absolute atomic E-state index is 12.4. The van der Waals surface area contributed by atoms with Gasteiger partial charge in [0.15, 0.2) is 5.82 Å². The Bertz CT molecular complexity index is 950. The van der Waals surface area contributed by atoms with Gasteiger partial charge in [0.25, 0.3) is 0 Å². The molecule has 9 heteroatoms. The zero-order valence-electron chi connectivity index (χ0n) is 18.4. The first-order chi connectivity index (χ1) is 14.9. The molecule has 2 aliphatic heterocycles. The van der Waals surface area contributed by atoms with Crippen molar-refractivity contribution in [3.05, 3.63) is 41.2 Å². The van der Waals surface area contributed by atoms with E-state index in [9.17, 15) is 9.59 Å². The predicted octanol–water partition coefficient (Wildman–Crippen LogP) is 1.02. The van der Waals surface area contributed by atoms with Crippen molar-refractivity contribution < 1.29 is 14.1 Å². The molecule has 0 aliphatic carbocycles. The first-order valence-electron chi connectivity index (χ1n) is 10.7. The minimum absolute atomic E-state index is 0.0101. The molecule has 3 heterocycles. The summed E-state index contributed by atoms with van der Waals surface area (Å²) in [6.07, 6.45) is 1.03. The van der Waals surface area contributed by atoms with Crippen molar-refractivity contribution in [1.82, 2.24) is 20.3 Å². The van der Waals surface area contributed by atoms with Crippen molar-refractivity contribution in [2.45, 2.75) is 19.4 Å². The first kappa shape index (κ1) is 21.3. The molecule has 0 radical (unpaired) electrons. The SMILES string of the molecule is Cc1cc(NC(=O)C(=O)NC[C@@H](c2ccc3c(c2)CCN3C)N2CCN(C)CC2)no1. The van der Waals surface area contributed by atoms with Crippen LogP contribution in [-0.2, 0) is 16.0 Å². The molecule has 1 aromatic heterocycles. The number of nitrogens with one attached hydrogen (secondary N) is 2. The lowest BCUT2D eigenvalue weighted by molar-refractivity contribution is -0.136. The van der Waals surface area contributed by atoms with Crippen molar-refractivity contribution in [3.8, 4) is 0 Å². The van der Waals surface area contributed by atoms with Crippen LogP contribution in [0.2, 0.25) is 0 Å². The highest BCUT2D eigenvalue weighted by atomic mass is 16.5. The number of likely N-dealkylation sites (N-methyl/N-ethyl adjacent to an activating group) is 2. The van der Waals surface area contributed by atoms with Crippen LogP contribution in [0.4, 0.5) is 11.5 Å². The predicted molar refractivity (Wildman–Crippen MR) is 118 cm³/mol. The molecule has 0 spiro atoms. The zero-order valence-corrected chi connectivity index (χ0v) is 18.4. The number of aryl methyl sites for hydroxylation is 1. The molecule has 1 fully saturated rings. The number of rotatable bonds is 5. The van der Waals surface area contributed by atoms with Gasteiger partial charge >= 0.3 is 11.8 Å². The quantitative estimate of drug-likeness (QED) is 0.690. The molecule has 0 saturated carbocycles. The van der Waals surface area contributed by atoms with Gasteiger partial charge in [0.2, 0.25) is 0 Å². The van der Waals surface area contributed by atoms with Crippen LogP contribution in [0.1, 0.15) is 22.9 Å². The monoisotopic (exact) mass is 426 g/mol. The number of nitrogens with zero attached hydrogens (tertiary/aromatic N) is 4. The molecule has 4 rings (SSSR count). The van der Waals surface area contributed by atoms with E-state index in [1.54, 1.807) is 13.0 Å². The molecule has 2 amide bonds. The van der Waals surface area contributed by atoms with Crippen LogP contribution in [0.15, 0.2) is 28.8 Å². The number of fused-ring (bicyclic) bond motifs is 1. The average molecular weight is 427 g/mol. The van der Waals surface area contributed by atoms with E-state index in [0.29, 0.717) is 12.3 Å². The van der Waals surface area contributed by atoms with Gasteiger partial charge in [-0.2, -0.15) is 0 Å². The maximum Gasteiger partial charge on any atom is 0.314 e. The summed E-state index contributed by atoms with van der Waals surface area (Å²) in [4.78, 5) is 31.6. The van der Waals surface area contributed by atoms with Crippen molar-refractivity contribution in [3.63, 3.8) is 0 Å². The van der Waals surface area contributed by atoms with Gasteiger partial charge in [-0.1, -0.05) is 17.3 Å². The second-order valence-corrected chi connectivity index (χ2v) is 8.40. The molecule has 2 aliphatic rings. The minimum atomic E-state index is -0.749. The molecule has 1 aromatic carbocycles. The summed E-state index contributed by atoms with van der Waals surface area (Å²) >= 11 is 0. The normalized spacial score (nSPS) is 18.0. The summed E-state index contributed by atoms with van der Waals surface area (Å²) in [5.74, 6) is -0.634. The van der Waals surface area contributed by atoms with E-state index in [1.807, 2.05) is 0 Å². The third-order valence-electron chi connectivity index (χ3n) is 6.13. The number of aromatic nitrogens is 1. The number of benzene rings is 1. The Morgan fingerprint density at radius 1 is 1.10 bits per heavy atom. The van der Waals surface area contributed by atoms with Crippen molar-refractivity contribution >= 4 is 23.3 Å². The molecule has 2 N–H and O–H groups in total. The lowest BCUT2D eigenvalue weighted by Gasteiger charge is -2.38. The summed E-state index contributed by atoms with van der Waals surface area (Å²) in [5, 5.41) is 8.98. The van der Waals surface area contributed by atoms with Gasteiger partial charge in [-0.3, -0.25) is 19.8 Å². The second-order valence-electron chi connectivity index (χ2n) is 8.40. The lowest BCUT2D eigenvalue weighted by atomic mass is 10.00. The zero-order chi connectivity index (χ0) is 22.0. The van der Waals surface area contributed by atoms with Crippen molar-refractivity contribution in [1.29, 1.82) is 0 Å². The van der Waals surface area contributed by atoms with Gasteiger partial charge in [0.05, 0.1) is 6.04 Å². The van der Waals surface area contributed by atoms with Crippen LogP contribution in [-0.4, -0.2) is 80.1 Å². The third kappa shape index (κ3) is 4.88. The second kappa shape index (κ2) is 9.07. The Labute approximate surface area is 182 Å². The number of anilines is 2. The Morgan fingerprint density at radius 2 is 1.87 bits per heavy atom. The molecule has 1 saturated heterocycles. The number of carbonyl (C=O) groups is 2. The van der Waals surface area contributed by atoms with Gasteiger partial charge in [0, 0.05) is 58.1 Å². The number of piperazine rings is 1. The number of carbonyl (C=O) groups excluding carboxylic acids is 2. The molecular weight excluding hydrogens is 396 g/mol. The van der Waals surface area contributed by atoms with Crippen LogP contribution in [0.5, 0.6) is 0 Å². The van der Waals surface area contributed by atoms with Gasteiger partial charge in [-0.15, -0.1) is 0 Å². The molecule has 1 atom stereocenters. The standard InChI is InChI=1S/C22H30N6O3/c1-15-12-20(25-31-15)24-22(30)21(29)23-14-19(28-10-8-26(2)9-11-28)16-4-5-18-17(13-16)6-7-27(18)3/h4-5,12-13,19H,6-11,14H2,1-3H3,(H,23,29)(H,24,25,30)/t19-/m0/s1. The highest BCUT2D eigenvalue weighted by Crippen LogP contribution is 2.31. The molecule has 166 valence electrons. The smallest absolute Gasteiger partial charge is 0.314 e. The van der Waals surface area contributed by atoms with E-state index < -0.39 is 11.8 Å². The van der Waals surface area contributed by atoms with E-state index in [0.717, 1.165) is 39.1 Å². The molecular formula is C22H30N6O3. The summed E-state index contributed by atoms with van der Waals surface area (Å²) in [6, 6.07) is 8.15. The van der Waals surface area contributed by atoms with Gasteiger partial charge in [-0.25, -0.2) is 0 Å². The van der Waals surface area contributed by atoms with Gasteiger partial charge < -0.3 is 19.6 Å². The number of hydrogen-bond donors (Lipinski definition) is 2. The summed E-state index contributed by atoms with van der Waals surface area (Å²) in [7, 11) is 4.23. The van der Waals surface area contributed by atoms with E-state index in [-0.39, 0.29) is 11.9 Å². The van der Waals surface area contributed by atoms with E-state index in [1.165, 1.54) is 16.8 Å². The maximum atomic E-state index is 12.4. The topological polar surface area (TPSA) is 94.0 Å². The van der Waals surface area contributed by atoms with Crippen molar-refractivity contribution in [2.75, 3.05) is 63.6 Å². The summed E-state index contributed by atoms with van der Waals surface area (Å²) in [6.45, 7) is 6.89. The van der Waals surface area contributed by atoms with Crippen LogP contribution in [0.25, 0.3) is 0 Å².